The summed E-state index contributed by atoms with van der Waals surface area (Å²) in [5.74, 6) is 0. The molecular formula is C14H25NO2S. The van der Waals surface area contributed by atoms with Crippen LogP contribution in [-0.4, -0.2) is 25.9 Å². The molecule has 1 heterocycles. The Morgan fingerprint density at radius 3 is 2.61 bits per heavy atom. The van der Waals surface area contributed by atoms with Crippen molar-refractivity contribution < 1.29 is 9.47 Å². The summed E-state index contributed by atoms with van der Waals surface area (Å²) in [6.45, 7) is 11.2. The van der Waals surface area contributed by atoms with Crippen molar-refractivity contribution in [3.8, 4) is 0 Å². The van der Waals surface area contributed by atoms with Crippen LogP contribution >= 0.6 is 11.3 Å². The van der Waals surface area contributed by atoms with Crippen molar-refractivity contribution in [3.05, 3.63) is 21.4 Å². The molecular weight excluding hydrogens is 246 g/mol. The molecule has 0 saturated carbocycles. The zero-order valence-electron chi connectivity index (χ0n) is 12.1. The number of aryl methyl sites for hydroxylation is 1. The Labute approximate surface area is 114 Å². The Kier molecular flexibility index (Phi) is 6.29. The Morgan fingerprint density at radius 2 is 2.00 bits per heavy atom. The molecule has 0 unspecified atom stereocenters. The van der Waals surface area contributed by atoms with Crippen LogP contribution in [0.4, 0.5) is 0 Å². The van der Waals surface area contributed by atoms with Crippen LogP contribution < -0.4 is 5.32 Å². The fourth-order valence-electron chi connectivity index (χ4n) is 1.58. The molecule has 0 aliphatic rings. The summed E-state index contributed by atoms with van der Waals surface area (Å²) in [6.07, 6.45) is 0. The minimum Gasteiger partial charge on any atom is -0.374 e. The van der Waals surface area contributed by atoms with E-state index in [1.165, 1.54) is 15.3 Å². The van der Waals surface area contributed by atoms with Crippen molar-refractivity contribution in [2.75, 3.05) is 20.3 Å². The number of hydrogen-bond acceptors (Lipinski definition) is 4. The van der Waals surface area contributed by atoms with E-state index < -0.39 is 0 Å². The van der Waals surface area contributed by atoms with Gasteiger partial charge < -0.3 is 14.8 Å². The van der Waals surface area contributed by atoms with Crippen molar-refractivity contribution in [1.82, 2.24) is 5.32 Å². The van der Waals surface area contributed by atoms with Gasteiger partial charge in [-0.2, -0.15) is 0 Å². The maximum Gasteiger partial charge on any atom is 0.0728 e. The SMILES string of the molecule is CNCc1cc(COCCOC(C)(C)C)c(C)s1. The first kappa shape index (κ1) is 15.6. The highest BCUT2D eigenvalue weighted by Crippen LogP contribution is 2.22. The highest BCUT2D eigenvalue weighted by Gasteiger charge is 2.09. The van der Waals surface area contributed by atoms with Crippen LogP contribution in [0.1, 0.15) is 36.1 Å². The molecule has 0 fully saturated rings. The molecule has 0 aromatic carbocycles. The van der Waals surface area contributed by atoms with Crippen LogP contribution in [0.5, 0.6) is 0 Å². The predicted molar refractivity (Wildman–Crippen MR) is 77.2 cm³/mol. The minimum absolute atomic E-state index is 0.0817. The number of hydrogen-bond donors (Lipinski definition) is 1. The number of rotatable bonds is 7. The van der Waals surface area contributed by atoms with Gasteiger partial charge in [-0.1, -0.05) is 0 Å². The van der Waals surface area contributed by atoms with Crippen LogP contribution in [-0.2, 0) is 22.6 Å². The summed E-state index contributed by atoms with van der Waals surface area (Å²) in [5, 5.41) is 3.17. The van der Waals surface area contributed by atoms with Crippen molar-refractivity contribution in [1.29, 1.82) is 0 Å². The van der Waals surface area contributed by atoms with E-state index in [1.807, 2.05) is 18.4 Å². The molecule has 104 valence electrons. The van der Waals surface area contributed by atoms with Gasteiger partial charge in [0.15, 0.2) is 0 Å². The molecule has 1 aromatic rings. The van der Waals surface area contributed by atoms with Crippen molar-refractivity contribution >= 4 is 11.3 Å². The maximum absolute atomic E-state index is 5.65. The Bertz CT molecular complexity index is 355. The van der Waals surface area contributed by atoms with Crippen molar-refractivity contribution in [2.24, 2.45) is 0 Å². The lowest BCUT2D eigenvalue weighted by Gasteiger charge is -2.19. The summed E-state index contributed by atoms with van der Waals surface area (Å²) >= 11 is 1.83. The zero-order chi connectivity index (χ0) is 13.6. The average Bonchev–Trinajstić information content (AvgIpc) is 2.58. The summed E-state index contributed by atoms with van der Waals surface area (Å²) in [6, 6.07) is 2.22. The van der Waals surface area contributed by atoms with Gasteiger partial charge in [0.05, 0.1) is 25.4 Å². The van der Waals surface area contributed by atoms with Crippen LogP contribution in [0.2, 0.25) is 0 Å². The third-order valence-corrected chi connectivity index (χ3v) is 3.54. The average molecular weight is 271 g/mol. The lowest BCUT2D eigenvalue weighted by Crippen LogP contribution is -2.21. The zero-order valence-corrected chi connectivity index (χ0v) is 12.9. The normalized spacial score (nSPS) is 12.1. The molecule has 3 nitrogen and oxygen atoms in total. The third kappa shape index (κ3) is 5.96. The smallest absolute Gasteiger partial charge is 0.0728 e. The van der Waals surface area contributed by atoms with Gasteiger partial charge in [-0.05, 0) is 46.4 Å². The molecule has 0 amide bonds. The van der Waals surface area contributed by atoms with Gasteiger partial charge in [0.2, 0.25) is 0 Å². The van der Waals surface area contributed by atoms with Crippen LogP contribution in [0.3, 0.4) is 0 Å². The second-order valence-corrected chi connectivity index (χ2v) is 6.68. The second kappa shape index (κ2) is 7.24. The van der Waals surface area contributed by atoms with E-state index in [9.17, 15) is 0 Å². The van der Waals surface area contributed by atoms with Gasteiger partial charge in [-0.3, -0.25) is 0 Å². The first-order chi connectivity index (χ1) is 8.42. The largest absolute Gasteiger partial charge is 0.374 e. The topological polar surface area (TPSA) is 30.5 Å². The molecule has 0 bridgehead atoms. The molecule has 0 atom stereocenters. The van der Waals surface area contributed by atoms with E-state index >= 15 is 0 Å². The van der Waals surface area contributed by atoms with Gasteiger partial charge in [0, 0.05) is 16.3 Å². The number of thiophene rings is 1. The van der Waals surface area contributed by atoms with Crippen molar-refractivity contribution in [2.45, 2.75) is 46.4 Å². The molecule has 0 aliphatic heterocycles. The predicted octanol–water partition coefficient (Wildman–Crippen LogP) is 3.11. The molecule has 4 heteroatoms. The molecule has 18 heavy (non-hydrogen) atoms. The van der Waals surface area contributed by atoms with E-state index in [-0.39, 0.29) is 5.60 Å². The summed E-state index contributed by atoms with van der Waals surface area (Å²) in [7, 11) is 1.97. The van der Waals surface area contributed by atoms with Gasteiger partial charge in [0.1, 0.15) is 0 Å². The van der Waals surface area contributed by atoms with Gasteiger partial charge >= 0.3 is 0 Å². The quantitative estimate of drug-likeness (QED) is 0.773. The summed E-state index contributed by atoms with van der Waals surface area (Å²) in [5.41, 5.74) is 1.21. The number of ether oxygens (including phenoxy) is 2. The van der Waals surface area contributed by atoms with Gasteiger partial charge in [0.25, 0.3) is 0 Å². The van der Waals surface area contributed by atoms with E-state index in [2.05, 4.69) is 39.1 Å². The van der Waals surface area contributed by atoms with E-state index in [0.717, 1.165) is 6.54 Å². The Balaban J connectivity index is 2.27. The summed E-state index contributed by atoms with van der Waals surface area (Å²) < 4.78 is 11.3. The monoisotopic (exact) mass is 271 g/mol. The van der Waals surface area contributed by atoms with Crippen LogP contribution in [0, 0.1) is 6.92 Å². The fraction of sp³-hybridized carbons (Fsp3) is 0.714. The Hall–Kier alpha value is -0.420. The standard InChI is InChI=1S/C14H25NO2S/c1-11-12(8-13(18-11)9-15-5)10-16-6-7-17-14(2,3)4/h8,15H,6-7,9-10H2,1-5H3. The maximum atomic E-state index is 5.65. The molecule has 1 aromatic heterocycles. The van der Waals surface area contributed by atoms with Crippen molar-refractivity contribution in [3.63, 3.8) is 0 Å². The Morgan fingerprint density at radius 1 is 1.28 bits per heavy atom. The third-order valence-electron chi connectivity index (χ3n) is 2.44. The van der Waals surface area contributed by atoms with Crippen LogP contribution in [0.25, 0.3) is 0 Å². The highest BCUT2D eigenvalue weighted by atomic mass is 32.1. The first-order valence-corrected chi connectivity index (χ1v) is 7.18. The van der Waals surface area contributed by atoms with Gasteiger partial charge in [-0.25, -0.2) is 0 Å². The van der Waals surface area contributed by atoms with E-state index in [1.54, 1.807) is 0 Å². The highest BCUT2D eigenvalue weighted by molar-refractivity contribution is 7.12. The lowest BCUT2D eigenvalue weighted by atomic mass is 10.2. The molecule has 0 spiro atoms. The van der Waals surface area contributed by atoms with Gasteiger partial charge in [-0.15, -0.1) is 11.3 Å². The van der Waals surface area contributed by atoms with E-state index in [0.29, 0.717) is 19.8 Å². The lowest BCUT2D eigenvalue weighted by molar-refractivity contribution is -0.0377. The molecule has 0 radical (unpaired) electrons. The van der Waals surface area contributed by atoms with Crippen LogP contribution in [0.15, 0.2) is 6.07 Å². The number of nitrogens with one attached hydrogen (secondary N) is 1. The first-order valence-electron chi connectivity index (χ1n) is 6.37. The molecule has 1 N–H and O–H groups in total. The second-order valence-electron chi connectivity index (χ2n) is 5.34. The van der Waals surface area contributed by atoms with E-state index in [4.69, 9.17) is 9.47 Å². The minimum atomic E-state index is -0.0817. The molecule has 1 rings (SSSR count). The summed E-state index contributed by atoms with van der Waals surface area (Å²) in [4.78, 5) is 2.71. The molecule has 0 aliphatic carbocycles. The fourth-order valence-corrected chi connectivity index (χ4v) is 2.64. The molecule has 0 saturated heterocycles.